The summed E-state index contributed by atoms with van der Waals surface area (Å²) < 4.78 is 1.92. The van der Waals surface area contributed by atoms with Crippen molar-refractivity contribution in [2.75, 3.05) is 5.73 Å². The maximum atomic E-state index is 5.85. The summed E-state index contributed by atoms with van der Waals surface area (Å²) in [6.45, 7) is 0. The second-order valence-corrected chi connectivity index (χ2v) is 5.39. The Labute approximate surface area is 122 Å². The van der Waals surface area contributed by atoms with E-state index in [1.54, 1.807) is 0 Å². The largest absolute Gasteiger partial charge is 0.399 e. The molecule has 2 aromatic carbocycles. The molecule has 0 radical (unpaired) electrons. The average Bonchev–Trinajstić information content (AvgIpc) is 3.16. The summed E-state index contributed by atoms with van der Waals surface area (Å²) in [7, 11) is 0. The van der Waals surface area contributed by atoms with Crippen LogP contribution in [0.1, 0.15) is 23.9 Å². The Morgan fingerprint density at radius 2 is 1.90 bits per heavy atom. The number of tetrazole rings is 1. The third-order valence-electron chi connectivity index (χ3n) is 3.94. The Kier molecular flexibility index (Phi) is 2.70. The van der Waals surface area contributed by atoms with Crippen molar-refractivity contribution < 1.29 is 0 Å². The van der Waals surface area contributed by atoms with Gasteiger partial charge < -0.3 is 5.73 Å². The Hall–Kier alpha value is -2.69. The molecule has 2 atom stereocenters. The van der Waals surface area contributed by atoms with Crippen molar-refractivity contribution in [3.63, 3.8) is 0 Å². The van der Waals surface area contributed by atoms with Crippen molar-refractivity contribution >= 4 is 5.69 Å². The first-order valence-electron chi connectivity index (χ1n) is 7.01. The van der Waals surface area contributed by atoms with Gasteiger partial charge in [-0.3, -0.25) is 0 Å². The van der Waals surface area contributed by atoms with E-state index in [9.17, 15) is 0 Å². The van der Waals surface area contributed by atoms with Crippen LogP contribution in [0.3, 0.4) is 0 Å². The second kappa shape index (κ2) is 4.70. The number of nitrogen functional groups attached to an aromatic ring is 1. The number of rotatable bonds is 3. The molecule has 0 aliphatic heterocycles. The molecule has 2 N–H and O–H groups in total. The molecule has 1 fully saturated rings. The number of nitrogens with zero attached hydrogens (tertiary/aromatic N) is 4. The normalized spacial score (nSPS) is 20.4. The van der Waals surface area contributed by atoms with E-state index in [4.69, 9.17) is 5.73 Å². The Morgan fingerprint density at radius 3 is 2.71 bits per heavy atom. The molecule has 0 bridgehead atoms. The van der Waals surface area contributed by atoms with Crippen LogP contribution in [0.5, 0.6) is 0 Å². The van der Waals surface area contributed by atoms with Crippen LogP contribution in [0.25, 0.3) is 11.4 Å². The number of aromatic nitrogens is 4. The van der Waals surface area contributed by atoms with Crippen molar-refractivity contribution in [2.45, 2.75) is 18.4 Å². The van der Waals surface area contributed by atoms with Gasteiger partial charge >= 0.3 is 0 Å². The van der Waals surface area contributed by atoms with Gasteiger partial charge in [-0.15, -0.1) is 5.10 Å². The molecule has 1 aliphatic carbocycles. The lowest BCUT2D eigenvalue weighted by Gasteiger charge is -2.05. The molecule has 21 heavy (non-hydrogen) atoms. The molecule has 1 saturated carbocycles. The Morgan fingerprint density at radius 1 is 1.05 bits per heavy atom. The van der Waals surface area contributed by atoms with Crippen LogP contribution in [0.2, 0.25) is 0 Å². The van der Waals surface area contributed by atoms with Crippen molar-refractivity contribution in [3.05, 3.63) is 60.2 Å². The monoisotopic (exact) mass is 277 g/mol. The zero-order valence-electron chi connectivity index (χ0n) is 11.4. The molecule has 1 heterocycles. The highest BCUT2D eigenvalue weighted by Gasteiger charge is 2.42. The molecular formula is C16H15N5. The van der Waals surface area contributed by atoms with E-state index in [1.165, 1.54) is 5.56 Å². The first kappa shape index (κ1) is 12.1. The maximum Gasteiger partial charge on any atom is 0.182 e. The highest BCUT2D eigenvalue weighted by atomic mass is 15.6. The van der Waals surface area contributed by atoms with Crippen molar-refractivity contribution in [3.8, 4) is 11.4 Å². The molecule has 2 unspecified atom stereocenters. The Bertz CT molecular complexity index is 765. The van der Waals surface area contributed by atoms with Gasteiger partial charge in [-0.2, -0.15) is 0 Å². The molecule has 3 aromatic rings. The van der Waals surface area contributed by atoms with Crippen molar-refractivity contribution in [1.82, 2.24) is 20.2 Å². The smallest absolute Gasteiger partial charge is 0.182 e. The van der Waals surface area contributed by atoms with E-state index in [0.717, 1.165) is 23.5 Å². The number of nitrogens with two attached hydrogens (primary N) is 1. The topological polar surface area (TPSA) is 69.6 Å². The minimum atomic E-state index is 0.332. The average molecular weight is 277 g/mol. The number of hydrogen-bond acceptors (Lipinski definition) is 4. The maximum absolute atomic E-state index is 5.85. The van der Waals surface area contributed by atoms with Crippen molar-refractivity contribution in [2.24, 2.45) is 0 Å². The molecule has 5 heteroatoms. The van der Waals surface area contributed by atoms with Crippen LogP contribution in [-0.4, -0.2) is 20.2 Å². The number of benzene rings is 2. The van der Waals surface area contributed by atoms with E-state index < -0.39 is 0 Å². The van der Waals surface area contributed by atoms with Gasteiger partial charge in [0.1, 0.15) is 0 Å². The molecule has 0 saturated heterocycles. The molecule has 4 rings (SSSR count). The van der Waals surface area contributed by atoms with Gasteiger partial charge in [-0.05, 0) is 34.5 Å². The fourth-order valence-electron chi connectivity index (χ4n) is 2.80. The lowest BCUT2D eigenvalue weighted by molar-refractivity contribution is 0.602. The van der Waals surface area contributed by atoms with E-state index >= 15 is 0 Å². The highest BCUT2D eigenvalue weighted by Crippen LogP contribution is 2.51. The summed E-state index contributed by atoms with van der Waals surface area (Å²) in [4.78, 5) is 0. The third kappa shape index (κ3) is 2.16. The molecule has 5 nitrogen and oxygen atoms in total. The zero-order valence-corrected chi connectivity index (χ0v) is 11.4. The lowest BCUT2D eigenvalue weighted by atomic mass is 10.1. The highest BCUT2D eigenvalue weighted by molar-refractivity contribution is 5.61. The van der Waals surface area contributed by atoms with Gasteiger partial charge in [-0.25, -0.2) is 4.68 Å². The summed E-state index contributed by atoms with van der Waals surface area (Å²) in [5.41, 5.74) is 8.87. The molecule has 1 aliphatic rings. The first-order chi connectivity index (χ1) is 10.3. The number of hydrogen-bond donors (Lipinski definition) is 1. The summed E-state index contributed by atoms with van der Waals surface area (Å²) in [6.07, 6.45) is 1.07. The van der Waals surface area contributed by atoms with Crippen LogP contribution in [0.15, 0.2) is 54.6 Å². The summed E-state index contributed by atoms with van der Waals surface area (Å²) in [5, 5.41) is 12.2. The lowest BCUT2D eigenvalue weighted by Crippen LogP contribution is -2.02. The zero-order chi connectivity index (χ0) is 14.2. The predicted octanol–water partition coefficient (Wildman–Crippen LogP) is 2.65. The fraction of sp³-hybridized carbons (Fsp3) is 0.188. The molecule has 104 valence electrons. The van der Waals surface area contributed by atoms with Gasteiger partial charge in [0.05, 0.1) is 6.04 Å². The van der Waals surface area contributed by atoms with Gasteiger partial charge in [-0.1, -0.05) is 42.5 Å². The molecule has 0 spiro atoms. The van der Waals surface area contributed by atoms with Gasteiger partial charge in [0.25, 0.3) is 0 Å². The summed E-state index contributed by atoms with van der Waals surface area (Å²) >= 11 is 0. The number of anilines is 1. The second-order valence-electron chi connectivity index (χ2n) is 5.39. The van der Waals surface area contributed by atoms with Crippen LogP contribution in [-0.2, 0) is 0 Å². The first-order valence-corrected chi connectivity index (χ1v) is 7.01. The quantitative estimate of drug-likeness (QED) is 0.747. The van der Waals surface area contributed by atoms with E-state index in [1.807, 2.05) is 35.0 Å². The van der Waals surface area contributed by atoms with Crippen LogP contribution in [0, 0.1) is 0 Å². The van der Waals surface area contributed by atoms with Crippen LogP contribution < -0.4 is 5.73 Å². The van der Waals surface area contributed by atoms with Gasteiger partial charge in [0.2, 0.25) is 0 Å². The fourth-order valence-corrected chi connectivity index (χ4v) is 2.80. The Balaban J connectivity index is 1.65. The predicted molar refractivity (Wildman–Crippen MR) is 80.5 cm³/mol. The van der Waals surface area contributed by atoms with E-state index in [0.29, 0.717) is 12.0 Å². The SMILES string of the molecule is Nc1cccc(-c2nnnn2C2CC2c2ccccc2)c1. The van der Waals surface area contributed by atoms with Crippen LogP contribution in [0.4, 0.5) is 5.69 Å². The minimum Gasteiger partial charge on any atom is -0.399 e. The third-order valence-corrected chi connectivity index (χ3v) is 3.94. The molecular weight excluding hydrogens is 262 g/mol. The molecule has 0 amide bonds. The summed E-state index contributed by atoms with van der Waals surface area (Å²) in [6, 6.07) is 18.5. The van der Waals surface area contributed by atoms with E-state index in [-0.39, 0.29) is 0 Å². The van der Waals surface area contributed by atoms with Gasteiger partial charge in [0, 0.05) is 17.2 Å². The standard InChI is InChI=1S/C16H15N5/c17-13-8-4-7-12(9-13)16-18-19-20-21(16)15-10-14(15)11-5-2-1-3-6-11/h1-9,14-15H,10,17H2. The van der Waals surface area contributed by atoms with Crippen molar-refractivity contribution in [1.29, 1.82) is 0 Å². The van der Waals surface area contributed by atoms with Gasteiger partial charge in [0.15, 0.2) is 5.82 Å². The van der Waals surface area contributed by atoms with E-state index in [2.05, 4.69) is 39.8 Å². The van der Waals surface area contributed by atoms with Crippen LogP contribution >= 0.6 is 0 Å². The summed E-state index contributed by atoms with van der Waals surface area (Å²) in [5.74, 6) is 1.28. The molecule has 1 aromatic heterocycles. The minimum absolute atomic E-state index is 0.332.